The van der Waals surface area contributed by atoms with E-state index in [2.05, 4.69) is 10.6 Å². The molecule has 1 fully saturated rings. The fraction of sp³-hybridized carbons (Fsp3) is 0.364. The second kappa shape index (κ2) is 4.64. The molecule has 0 aromatic heterocycles. The maximum atomic E-state index is 10.6. The first-order valence-electron chi connectivity index (χ1n) is 5.01. The van der Waals surface area contributed by atoms with Gasteiger partial charge in [0, 0.05) is 23.8 Å². The van der Waals surface area contributed by atoms with Crippen molar-refractivity contribution in [2.75, 3.05) is 18.4 Å². The van der Waals surface area contributed by atoms with Gasteiger partial charge in [-0.2, -0.15) is 0 Å². The van der Waals surface area contributed by atoms with Gasteiger partial charge in [-0.25, -0.2) is 0 Å². The van der Waals surface area contributed by atoms with Gasteiger partial charge in [-0.3, -0.25) is 4.79 Å². The summed E-state index contributed by atoms with van der Waals surface area (Å²) < 4.78 is 0. The van der Waals surface area contributed by atoms with Crippen molar-refractivity contribution in [2.45, 2.75) is 12.5 Å². The van der Waals surface area contributed by atoms with Crippen LogP contribution in [0.2, 0.25) is 5.02 Å². The Morgan fingerprint density at radius 2 is 2.40 bits per heavy atom. The molecule has 1 heterocycles. The molecule has 3 nitrogen and oxygen atoms in total. The molecular weight excluding hydrogens is 212 g/mol. The third-order valence-electron chi connectivity index (χ3n) is 2.56. The Labute approximate surface area is 93.8 Å². The van der Waals surface area contributed by atoms with Crippen molar-refractivity contribution >= 4 is 23.6 Å². The van der Waals surface area contributed by atoms with Crippen LogP contribution in [-0.4, -0.2) is 25.4 Å². The zero-order valence-electron chi connectivity index (χ0n) is 8.29. The molecule has 1 aromatic rings. The van der Waals surface area contributed by atoms with E-state index in [1.165, 1.54) is 0 Å². The molecule has 0 amide bonds. The predicted octanol–water partition coefficient (Wildman–Crippen LogP) is 1.93. The van der Waals surface area contributed by atoms with Crippen LogP contribution in [0, 0.1) is 0 Å². The monoisotopic (exact) mass is 224 g/mol. The molecule has 15 heavy (non-hydrogen) atoms. The molecule has 1 aliphatic heterocycles. The van der Waals surface area contributed by atoms with E-state index >= 15 is 0 Å². The van der Waals surface area contributed by atoms with Crippen molar-refractivity contribution in [3.8, 4) is 0 Å². The van der Waals surface area contributed by atoms with Crippen molar-refractivity contribution < 1.29 is 4.79 Å². The van der Waals surface area contributed by atoms with E-state index in [1.54, 1.807) is 12.1 Å². The molecule has 1 aromatic carbocycles. The molecule has 0 saturated carbocycles. The Bertz CT molecular complexity index is 362. The number of hydrogen-bond donors (Lipinski definition) is 2. The van der Waals surface area contributed by atoms with E-state index in [0.717, 1.165) is 31.5 Å². The van der Waals surface area contributed by atoms with Crippen molar-refractivity contribution in [3.05, 3.63) is 28.8 Å². The van der Waals surface area contributed by atoms with E-state index in [1.807, 2.05) is 6.07 Å². The van der Waals surface area contributed by atoms with Gasteiger partial charge in [-0.05, 0) is 31.2 Å². The Morgan fingerprint density at radius 1 is 1.53 bits per heavy atom. The number of benzene rings is 1. The minimum atomic E-state index is 0.461. The van der Waals surface area contributed by atoms with Crippen LogP contribution >= 0.6 is 11.6 Å². The molecule has 0 aliphatic carbocycles. The van der Waals surface area contributed by atoms with Gasteiger partial charge in [0.15, 0.2) is 6.29 Å². The summed E-state index contributed by atoms with van der Waals surface area (Å²) in [6.07, 6.45) is 1.89. The van der Waals surface area contributed by atoms with Crippen LogP contribution in [-0.2, 0) is 0 Å². The number of halogens is 1. The summed E-state index contributed by atoms with van der Waals surface area (Å²) in [7, 11) is 0. The lowest BCUT2D eigenvalue weighted by atomic mass is 10.2. The van der Waals surface area contributed by atoms with Crippen molar-refractivity contribution in [3.63, 3.8) is 0 Å². The molecule has 1 unspecified atom stereocenters. The van der Waals surface area contributed by atoms with Crippen LogP contribution in [0.4, 0.5) is 5.69 Å². The third kappa shape index (κ3) is 2.49. The zero-order valence-corrected chi connectivity index (χ0v) is 9.05. The maximum absolute atomic E-state index is 10.6. The topological polar surface area (TPSA) is 41.1 Å². The maximum Gasteiger partial charge on any atom is 0.151 e. The molecule has 0 bridgehead atoms. The standard InChI is InChI=1S/C11H13ClN2O/c12-11-5-9(2-1-8(11)7-15)14-10-3-4-13-6-10/h1-2,5,7,10,13-14H,3-4,6H2. The van der Waals surface area contributed by atoms with Crippen LogP contribution in [0.1, 0.15) is 16.8 Å². The first-order chi connectivity index (χ1) is 7.29. The highest BCUT2D eigenvalue weighted by atomic mass is 35.5. The van der Waals surface area contributed by atoms with Gasteiger partial charge in [0.05, 0.1) is 5.02 Å². The summed E-state index contributed by atoms with van der Waals surface area (Å²) in [4.78, 5) is 10.6. The molecule has 2 rings (SSSR count). The Kier molecular flexibility index (Phi) is 3.23. The number of nitrogens with one attached hydrogen (secondary N) is 2. The average Bonchev–Trinajstić information content (AvgIpc) is 2.71. The summed E-state index contributed by atoms with van der Waals surface area (Å²) in [5.41, 5.74) is 1.51. The van der Waals surface area contributed by atoms with Gasteiger partial charge in [-0.15, -0.1) is 0 Å². The highest BCUT2D eigenvalue weighted by Crippen LogP contribution is 2.20. The highest BCUT2D eigenvalue weighted by Gasteiger charge is 2.13. The Balaban J connectivity index is 2.08. The Hall–Kier alpha value is -1.06. The van der Waals surface area contributed by atoms with Gasteiger partial charge in [-0.1, -0.05) is 11.6 Å². The zero-order chi connectivity index (χ0) is 10.7. The second-order valence-electron chi connectivity index (χ2n) is 3.69. The summed E-state index contributed by atoms with van der Waals surface area (Å²) in [6.45, 7) is 2.03. The van der Waals surface area contributed by atoms with Gasteiger partial charge in [0.2, 0.25) is 0 Å². The molecular formula is C11H13ClN2O. The van der Waals surface area contributed by atoms with Crippen molar-refractivity contribution in [1.82, 2.24) is 5.32 Å². The van der Waals surface area contributed by atoms with E-state index < -0.39 is 0 Å². The SMILES string of the molecule is O=Cc1ccc(NC2CCNC2)cc1Cl. The van der Waals surface area contributed by atoms with E-state index in [9.17, 15) is 4.79 Å². The highest BCUT2D eigenvalue weighted by molar-refractivity contribution is 6.33. The first kappa shape index (κ1) is 10.5. The molecule has 1 saturated heterocycles. The molecule has 4 heteroatoms. The quantitative estimate of drug-likeness (QED) is 0.771. The van der Waals surface area contributed by atoms with E-state index in [4.69, 9.17) is 11.6 Å². The summed E-state index contributed by atoms with van der Waals surface area (Å²) in [5.74, 6) is 0. The fourth-order valence-electron chi connectivity index (χ4n) is 1.73. The first-order valence-corrected chi connectivity index (χ1v) is 5.39. The number of hydrogen-bond acceptors (Lipinski definition) is 3. The van der Waals surface area contributed by atoms with Crippen LogP contribution in [0.15, 0.2) is 18.2 Å². The van der Waals surface area contributed by atoms with E-state index in [0.29, 0.717) is 16.6 Å². The van der Waals surface area contributed by atoms with E-state index in [-0.39, 0.29) is 0 Å². The van der Waals surface area contributed by atoms with Crippen molar-refractivity contribution in [2.24, 2.45) is 0 Å². The van der Waals surface area contributed by atoms with Crippen LogP contribution in [0.25, 0.3) is 0 Å². The van der Waals surface area contributed by atoms with Gasteiger partial charge in [0.25, 0.3) is 0 Å². The summed E-state index contributed by atoms with van der Waals surface area (Å²) in [5, 5.41) is 7.15. The fourth-order valence-corrected chi connectivity index (χ4v) is 1.95. The van der Waals surface area contributed by atoms with Gasteiger partial charge < -0.3 is 10.6 Å². The molecule has 1 aliphatic rings. The summed E-state index contributed by atoms with van der Waals surface area (Å²) >= 11 is 5.93. The number of aldehydes is 1. The lowest BCUT2D eigenvalue weighted by Crippen LogP contribution is -2.21. The van der Waals surface area contributed by atoms with Crippen molar-refractivity contribution in [1.29, 1.82) is 0 Å². The number of rotatable bonds is 3. The smallest absolute Gasteiger partial charge is 0.151 e. The van der Waals surface area contributed by atoms with Gasteiger partial charge in [0.1, 0.15) is 0 Å². The average molecular weight is 225 g/mol. The lowest BCUT2D eigenvalue weighted by molar-refractivity contribution is 0.112. The number of anilines is 1. The molecule has 0 radical (unpaired) electrons. The summed E-state index contributed by atoms with van der Waals surface area (Å²) in [6, 6.07) is 5.88. The minimum Gasteiger partial charge on any atom is -0.381 e. The van der Waals surface area contributed by atoms with Crippen LogP contribution < -0.4 is 10.6 Å². The molecule has 1 atom stereocenters. The largest absolute Gasteiger partial charge is 0.381 e. The number of carbonyl (C=O) groups excluding carboxylic acids is 1. The van der Waals surface area contributed by atoms with Gasteiger partial charge >= 0.3 is 0 Å². The minimum absolute atomic E-state index is 0.461. The number of carbonyl (C=O) groups is 1. The Morgan fingerprint density at radius 3 is 3.00 bits per heavy atom. The second-order valence-corrected chi connectivity index (χ2v) is 4.10. The predicted molar refractivity (Wildman–Crippen MR) is 61.7 cm³/mol. The molecule has 80 valence electrons. The lowest BCUT2D eigenvalue weighted by Gasteiger charge is -2.13. The molecule has 2 N–H and O–H groups in total. The molecule has 0 spiro atoms. The van der Waals surface area contributed by atoms with Crippen LogP contribution in [0.3, 0.4) is 0 Å². The third-order valence-corrected chi connectivity index (χ3v) is 2.89. The van der Waals surface area contributed by atoms with Crippen LogP contribution in [0.5, 0.6) is 0 Å². The normalized spacial score (nSPS) is 20.2.